The van der Waals surface area contributed by atoms with E-state index in [1.165, 1.54) is 6.07 Å². The maximum Gasteiger partial charge on any atom is 0.573 e. The first-order valence-corrected chi connectivity index (χ1v) is 4.11. The summed E-state index contributed by atoms with van der Waals surface area (Å²) in [4.78, 5) is 3.33. The van der Waals surface area contributed by atoms with Crippen molar-refractivity contribution in [1.82, 2.24) is 4.98 Å². The smallest absolute Gasteiger partial charge is 0.401 e. The summed E-state index contributed by atoms with van der Waals surface area (Å²) in [7, 11) is 0. The lowest BCUT2D eigenvalue weighted by molar-refractivity contribution is -0.274. The topological polar surface area (TPSA) is 45.9 Å². The van der Waals surface area contributed by atoms with Gasteiger partial charge in [0.1, 0.15) is 11.2 Å². The largest absolute Gasteiger partial charge is 0.573 e. The predicted octanol–water partition coefficient (Wildman–Crippen LogP) is 3.16. The second kappa shape index (κ2) is 4.13. The molecule has 0 aromatic carbocycles. The van der Waals surface area contributed by atoms with Crippen LogP contribution in [0, 0.1) is 11.3 Å². The fourth-order valence-electron chi connectivity index (χ4n) is 0.762. The van der Waals surface area contributed by atoms with Crippen LogP contribution in [-0.4, -0.2) is 11.3 Å². The highest BCUT2D eigenvalue weighted by atomic mass is 35.5. The quantitative estimate of drug-likeness (QED) is 0.726. The van der Waals surface area contributed by atoms with Crippen molar-refractivity contribution in [3.63, 3.8) is 0 Å². The van der Waals surface area contributed by atoms with Crippen LogP contribution < -0.4 is 4.74 Å². The lowest BCUT2D eigenvalue weighted by atomic mass is 10.3. The molecule has 1 aromatic rings. The molecular weight excluding hydrogens is 256 g/mol. The number of nitriles is 1. The van der Waals surface area contributed by atoms with Crippen LogP contribution in [0.25, 0.3) is 0 Å². The van der Waals surface area contributed by atoms with E-state index in [0.717, 1.165) is 6.07 Å². The zero-order valence-electron chi connectivity index (χ0n) is 6.77. The molecule has 80 valence electrons. The van der Waals surface area contributed by atoms with E-state index in [0.29, 0.717) is 0 Å². The maximum absolute atomic E-state index is 11.9. The Morgan fingerprint density at radius 2 is 2.00 bits per heavy atom. The van der Waals surface area contributed by atoms with Crippen LogP contribution in [0.2, 0.25) is 10.2 Å². The van der Waals surface area contributed by atoms with Gasteiger partial charge in [0.15, 0.2) is 11.4 Å². The monoisotopic (exact) mass is 256 g/mol. The molecule has 0 saturated heterocycles. The average molecular weight is 257 g/mol. The number of pyridine rings is 1. The number of halogens is 5. The Morgan fingerprint density at radius 1 is 1.40 bits per heavy atom. The van der Waals surface area contributed by atoms with Gasteiger partial charge < -0.3 is 4.74 Å². The van der Waals surface area contributed by atoms with Gasteiger partial charge in [0, 0.05) is 0 Å². The average Bonchev–Trinajstić information content (AvgIpc) is 2.07. The van der Waals surface area contributed by atoms with Crippen molar-refractivity contribution < 1.29 is 17.9 Å². The maximum atomic E-state index is 11.9. The third-order valence-electron chi connectivity index (χ3n) is 1.22. The molecule has 8 heteroatoms. The number of nitrogens with zero attached hydrogens (tertiary/aromatic N) is 2. The van der Waals surface area contributed by atoms with E-state index < -0.39 is 22.8 Å². The minimum absolute atomic E-state index is 0.189. The van der Waals surface area contributed by atoms with E-state index in [1.807, 2.05) is 0 Å². The lowest BCUT2D eigenvalue weighted by Gasteiger charge is -2.10. The highest BCUT2D eigenvalue weighted by Gasteiger charge is 2.33. The second-order valence-corrected chi connectivity index (χ2v) is 3.06. The lowest BCUT2D eigenvalue weighted by Crippen LogP contribution is -2.18. The molecular formula is C7HCl2F3N2O. The molecule has 0 aliphatic carbocycles. The van der Waals surface area contributed by atoms with Gasteiger partial charge in [-0.3, -0.25) is 0 Å². The van der Waals surface area contributed by atoms with Gasteiger partial charge in [0.05, 0.1) is 5.02 Å². The summed E-state index contributed by atoms with van der Waals surface area (Å²) >= 11 is 10.8. The van der Waals surface area contributed by atoms with Gasteiger partial charge in [-0.15, -0.1) is 13.2 Å². The van der Waals surface area contributed by atoms with Gasteiger partial charge in [0.2, 0.25) is 0 Å². The van der Waals surface area contributed by atoms with Crippen LogP contribution in [0.5, 0.6) is 5.75 Å². The SMILES string of the molecule is N#Cc1nc(Cl)cc(Cl)c1OC(F)(F)F. The van der Waals surface area contributed by atoms with Crippen molar-refractivity contribution in [2.24, 2.45) is 0 Å². The Morgan fingerprint density at radius 3 is 2.47 bits per heavy atom. The van der Waals surface area contributed by atoms with Crippen molar-refractivity contribution in [2.75, 3.05) is 0 Å². The number of ether oxygens (including phenoxy) is 1. The third kappa shape index (κ3) is 3.15. The molecule has 0 amide bonds. The summed E-state index contributed by atoms with van der Waals surface area (Å²) in [6, 6.07) is 2.34. The molecule has 0 aliphatic heterocycles. The molecule has 15 heavy (non-hydrogen) atoms. The van der Waals surface area contributed by atoms with Gasteiger partial charge in [0.25, 0.3) is 0 Å². The molecule has 0 spiro atoms. The molecule has 0 bridgehead atoms. The molecule has 3 nitrogen and oxygen atoms in total. The van der Waals surface area contributed by atoms with Crippen molar-refractivity contribution in [1.29, 1.82) is 5.26 Å². The number of aromatic nitrogens is 1. The standard InChI is InChI=1S/C7HCl2F3N2O/c8-3-1-5(9)14-4(2-13)6(3)15-7(10,11)12/h1H. The number of hydrogen-bond acceptors (Lipinski definition) is 3. The number of rotatable bonds is 1. The molecule has 0 unspecified atom stereocenters. The Bertz CT molecular complexity index is 427. The zero-order chi connectivity index (χ0) is 11.6. The van der Waals surface area contributed by atoms with Crippen LogP contribution in [0.3, 0.4) is 0 Å². The summed E-state index contributed by atoms with van der Waals surface area (Å²) < 4.78 is 39.2. The van der Waals surface area contributed by atoms with Gasteiger partial charge >= 0.3 is 6.36 Å². The minimum Gasteiger partial charge on any atom is -0.401 e. The third-order valence-corrected chi connectivity index (χ3v) is 1.69. The summed E-state index contributed by atoms with van der Waals surface area (Å²) in [6.07, 6.45) is -4.94. The molecule has 1 heterocycles. The Balaban J connectivity index is 3.23. The zero-order valence-corrected chi connectivity index (χ0v) is 8.28. The van der Waals surface area contributed by atoms with E-state index in [9.17, 15) is 13.2 Å². The molecule has 1 aromatic heterocycles. The molecule has 0 atom stereocenters. The first-order chi connectivity index (χ1) is 6.83. The Hall–Kier alpha value is -1.19. The summed E-state index contributed by atoms with van der Waals surface area (Å²) in [5, 5.41) is 7.87. The van der Waals surface area contributed by atoms with Crippen molar-refractivity contribution in [3.05, 3.63) is 21.9 Å². The van der Waals surface area contributed by atoms with Crippen LogP contribution in [0.4, 0.5) is 13.2 Å². The van der Waals surface area contributed by atoms with Crippen LogP contribution in [0.15, 0.2) is 6.07 Å². The van der Waals surface area contributed by atoms with Crippen LogP contribution in [0.1, 0.15) is 5.69 Å². The van der Waals surface area contributed by atoms with Gasteiger partial charge in [-0.1, -0.05) is 23.2 Å². The van der Waals surface area contributed by atoms with Gasteiger partial charge in [-0.25, -0.2) is 4.98 Å². The van der Waals surface area contributed by atoms with Gasteiger partial charge in [-0.05, 0) is 6.07 Å². The summed E-state index contributed by atoms with van der Waals surface area (Å²) in [6.45, 7) is 0. The van der Waals surface area contributed by atoms with Crippen LogP contribution >= 0.6 is 23.2 Å². The second-order valence-electron chi connectivity index (χ2n) is 2.26. The van der Waals surface area contributed by atoms with Crippen molar-refractivity contribution >= 4 is 23.2 Å². The van der Waals surface area contributed by atoms with E-state index in [4.69, 9.17) is 28.5 Å². The highest BCUT2D eigenvalue weighted by Crippen LogP contribution is 2.33. The summed E-state index contributed by atoms with van der Waals surface area (Å²) in [5.74, 6) is -0.851. The fourth-order valence-corrected chi connectivity index (χ4v) is 1.24. The van der Waals surface area contributed by atoms with E-state index in [2.05, 4.69) is 9.72 Å². The summed E-state index contributed by atoms with van der Waals surface area (Å²) in [5.41, 5.74) is -0.621. The normalized spacial score (nSPS) is 10.9. The van der Waals surface area contributed by atoms with Crippen LogP contribution in [-0.2, 0) is 0 Å². The first kappa shape index (κ1) is 11.9. The molecule has 0 radical (unpaired) electrons. The van der Waals surface area contributed by atoms with E-state index >= 15 is 0 Å². The Labute approximate surface area is 92.0 Å². The molecule has 0 N–H and O–H groups in total. The highest BCUT2D eigenvalue weighted by molar-refractivity contribution is 6.35. The molecule has 0 fully saturated rings. The Kier molecular flexibility index (Phi) is 3.27. The van der Waals surface area contributed by atoms with E-state index in [1.54, 1.807) is 0 Å². The first-order valence-electron chi connectivity index (χ1n) is 3.35. The van der Waals surface area contributed by atoms with Gasteiger partial charge in [-0.2, -0.15) is 5.26 Å². The van der Waals surface area contributed by atoms with E-state index in [-0.39, 0.29) is 5.15 Å². The predicted molar refractivity (Wildman–Crippen MR) is 45.7 cm³/mol. The fraction of sp³-hybridized carbons (Fsp3) is 0.143. The van der Waals surface area contributed by atoms with Crippen molar-refractivity contribution in [2.45, 2.75) is 6.36 Å². The number of alkyl halides is 3. The molecule has 1 rings (SSSR count). The number of hydrogen-bond donors (Lipinski definition) is 0. The van der Waals surface area contributed by atoms with Crippen molar-refractivity contribution in [3.8, 4) is 11.8 Å². The molecule has 0 saturated carbocycles. The minimum atomic E-state index is -4.94. The molecule has 0 aliphatic rings.